The zero-order chi connectivity index (χ0) is 15.5. The third-order valence-electron chi connectivity index (χ3n) is 4.30. The molecule has 0 saturated carbocycles. The van der Waals surface area contributed by atoms with Crippen LogP contribution in [0.4, 0.5) is 11.4 Å². The van der Waals surface area contributed by atoms with Gasteiger partial charge in [0.1, 0.15) is 5.75 Å². The van der Waals surface area contributed by atoms with Crippen molar-refractivity contribution >= 4 is 11.4 Å². The van der Waals surface area contributed by atoms with Crippen molar-refractivity contribution in [3.8, 4) is 5.75 Å². The van der Waals surface area contributed by atoms with Crippen LogP contribution in [0.2, 0.25) is 0 Å². The molecule has 1 aliphatic heterocycles. The quantitative estimate of drug-likeness (QED) is 0.934. The normalized spacial score (nSPS) is 13.7. The lowest BCUT2D eigenvalue weighted by Crippen LogP contribution is -2.24. The minimum Gasteiger partial charge on any atom is -0.506 e. The fourth-order valence-electron chi connectivity index (χ4n) is 3.24. The summed E-state index contributed by atoms with van der Waals surface area (Å²) in [7, 11) is 4.20. The monoisotopic (exact) mass is 296 g/mol. The van der Waals surface area contributed by atoms with E-state index in [9.17, 15) is 5.11 Å². The maximum absolute atomic E-state index is 10.4. The highest BCUT2D eigenvalue weighted by atomic mass is 16.3. The van der Waals surface area contributed by atoms with E-state index in [1.807, 2.05) is 6.07 Å². The molecule has 0 fully saturated rings. The largest absolute Gasteiger partial charge is 0.506 e. The Labute approximate surface area is 132 Å². The minimum atomic E-state index is 0.388. The summed E-state index contributed by atoms with van der Waals surface area (Å²) < 4.78 is 0. The molecule has 0 aliphatic carbocycles. The number of phenolic OH excluding ortho intramolecular Hbond substituents is 1. The van der Waals surface area contributed by atoms with Gasteiger partial charge in [-0.25, -0.2) is 0 Å². The van der Waals surface area contributed by atoms with Crippen LogP contribution in [-0.2, 0) is 12.8 Å². The highest BCUT2D eigenvalue weighted by molar-refractivity contribution is 5.75. The van der Waals surface area contributed by atoms with Gasteiger partial charge in [-0.05, 0) is 63.2 Å². The molecule has 0 saturated heterocycles. The molecule has 0 aromatic heterocycles. The lowest BCUT2D eigenvalue weighted by atomic mass is 10.0. The van der Waals surface area contributed by atoms with E-state index in [0.717, 1.165) is 38.0 Å². The van der Waals surface area contributed by atoms with E-state index >= 15 is 0 Å². The van der Waals surface area contributed by atoms with Gasteiger partial charge in [0.25, 0.3) is 0 Å². The van der Waals surface area contributed by atoms with Gasteiger partial charge in [-0.1, -0.05) is 30.3 Å². The first kappa shape index (κ1) is 14.9. The molecule has 22 heavy (non-hydrogen) atoms. The number of phenols is 1. The summed E-state index contributed by atoms with van der Waals surface area (Å²) >= 11 is 0. The third-order valence-corrected chi connectivity index (χ3v) is 4.30. The van der Waals surface area contributed by atoms with E-state index in [1.165, 1.54) is 16.8 Å². The summed E-state index contributed by atoms with van der Waals surface area (Å²) in [6.07, 6.45) is 3.07. The predicted molar refractivity (Wildman–Crippen MR) is 92.1 cm³/mol. The molecular formula is C19H24N2O. The summed E-state index contributed by atoms with van der Waals surface area (Å²) in [6, 6.07) is 14.5. The van der Waals surface area contributed by atoms with Crippen molar-refractivity contribution in [3.05, 3.63) is 53.6 Å². The van der Waals surface area contributed by atoms with E-state index in [0.29, 0.717) is 5.75 Å². The molecule has 116 valence electrons. The predicted octanol–water partition coefficient (Wildman–Crippen LogP) is 3.58. The molecule has 0 radical (unpaired) electrons. The SMILES string of the molecule is CN(C)CCCN1c2ccccc2CCc2cccc(O)c21. The van der Waals surface area contributed by atoms with Crippen molar-refractivity contribution < 1.29 is 5.11 Å². The Morgan fingerprint density at radius 2 is 1.73 bits per heavy atom. The van der Waals surface area contributed by atoms with Gasteiger partial charge in [0.2, 0.25) is 0 Å². The Bertz CT molecular complexity index is 652. The molecule has 1 heterocycles. The van der Waals surface area contributed by atoms with Gasteiger partial charge in [-0.15, -0.1) is 0 Å². The second-order valence-corrected chi connectivity index (χ2v) is 6.22. The molecule has 0 amide bonds. The molecule has 3 nitrogen and oxygen atoms in total. The maximum atomic E-state index is 10.4. The number of benzene rings is 2. The van der Waals surface area contributed by atoms with Crippen molar-refractivity contribution in [2.24, 2.45) is 0 Å². The van der Waals surface area contributed by atoms with Crippen LogP contribution in [0, 0.1) is 0 Å². The Morgan fingerprint density at radius 1 is 1.00 bits per heavy atom. The van der Waals surface area contributed by atoms with E-state index in [2.05, 4.69) is 54.2 Å². The molecule has 3 heteroatoms. The number of aromatic hydroxyl groups is 1. The number of fused-ring (bicyclic) bond motifs is 2. The number of hydrogen-bond donors (Lipinski definition) is 1. The van der Waals surface area contributed by atoms with Crippen LogP contribution in [0.25, 0.3) is 0 Å². The molecule has 2 aromatic rings. The molecule has 0 unspecified atom stereocenters. The molecule has 3 rings (SSSR count). The first-order valence-corrected chi connectivity index (χ1v) is 7.98. The zero-order valence-electron chi connectivity index (χ0n) is 13.4. The van der Waals surface area contributed by atoms with Gasteiger partial charge >= 0.3 is 0 Å². The molecule has 1 aliphatic rings. The van der Waals surface area contributed by atoms with Crippen LogP contribution in [0.1, 0.15) is 17.5 Å². The Balaban J connectivity index is 2.01. The molecule has 1 N–H and O–H groups in total. The van der Waals surface area contributed by atoms with Crippen molar-refractivity contribution in [2.75, 3.05) is 32.1 Å². The number of aryl methyl sites for hydroxylation is 2. The second-order valence-electron chi connectivity index (χ2n) is 6.22. The minimum absolute atomic E-state index is 0.388. The third kappa shape index (κ3) is 2.95. The Hall–Kier alpha value is -2.00. The zero-order valence-corrected chi connectivity index (χ0v) is 13.4. The van der Waals surface area contributed by atoms with E-state index < -0.39 is 0 Å². The first-order valence-electron chi connectivity index (χ1n) is 7.98. The van der Waals surface area contributed by atoms with Crippen LogP contribution in [0.3, 0.4) is 0 Å². The van der Waals surface area contributed by atoms with Gasteiger partial charge in [0.05, 0.1) is 5.69 Å². The number of hydrogen-bond acceptors (Lipinski definition) is 3. The molecular weight excluding hydrogens is 272 g/mol. The molecule has 2 aromatic carbocycles. The topological polar surface area (TPSA) is 26.7 Å². The van der Waals surface area contributed by atoms with Crippen molar-refractivity contribution in [1.82, 2.24) is 4.90 Å². The summed E-state index contributed by atoms with van der Waals surface area (Å²) in [5.41, 5.74) is 4.83. The highest BCUT2D eigenvalue weighted by Crippen LogP contribution is 2.41. The van der Waals surface area contributed by atoms with Crippen LogP contribution >= 0.6 is 0 Å². The summed E-state index contributed by atoms with van der Waals surface area (Å²) in [5, 5.41) is 10.4. The van der Waals surface area contributed by atoms with Gasteiger partial charge in [0.15, 0.2) is 0 Å². The number of rotatable bonds is 4. The van der Waals surface area contributed by atoms with Crippen molar-refractivity contribution in [1.29, 1.82) is 0 Å². The number of nitrogens with zero attached hydrogens (tertiary/aromatic N) is 2. The second kappa shape index (κ2) is 6.41. The standard InChI is InChI=1S/C19H24N2O/c1-20(2)13-6-14-21-17-9-4-3-7-15(17)11-12-16-8-5-10-18(22)19(16)21/h3-5,7-10,22H,6,11-14H2,1-2H3. The van der Waals surface area contributed by atoms with Gasteiger partial charge in [-0.2, -0.15) is 0 Å². The Kier molecular flexibility index (Phi) is 4.34. The smallest absolute Gasteiger partial charge is 0.139 e. The molecule has 0 bridgehead atoms. The lowest BCUT2D eigenvalue weighted by molar-refractivity contribution is 0.402. The average molecular weight is 296 g/mol. The van der Waals surface area contributed by atoms with Gasteiger partial charge < -0.3 is 14.9 Å². The summed E-state index contributed by atoms with van der Waals surface area (Å²) in [5.74, 6) is 0.388. The highest BCUT2D eigenvalue weighted by Gasteiger charge is 2.22. The van der Waals surface area contributed by atoms with Crippen LogP contribution in [-0.4, -0.2) is 37.2 Å². The lowest BCUT2D eigenvalue weighted by Gasteiger charge is -2.28. The number of para-hydroxylation sites is 2. The number of anilines is 2. The summed E-state index contributed by atoms with van der Waals surface area (Å²) in [6.45, 7) is 1.96. The first-order chi connectivity index (χ1) is 10.7. The van der Waals surface area contributed by atoms with Crippen LogP contribution < -0.4 is 4.90 Å². The molecule has 0 spiro atoms. The van der Waals surface area contributed by atoms with Crippen molar-refractivity contribution in [2.45, 2.75) is 19.3 Å². The van der Waals surface area contributed by atoms with Gasteiger partial charge in [0, 0.05) is 12.2 Å². The van der Waals surface area contributed by atoms with E-state index in [1.54, 1.807) is 6.07 Å². The fraction of sp³-hybridized carbons (Fsp3) is 0.368. The Morgan fingerprint density at radius 3 is 2.55 bits per heavy atom. The summed E-state index contributed by atoms with van der Waals surface area (Å²) in [4.78, 5) is 4.51. The van der Waals surface area contributed by atoms with E-state index in [-0.39, 0.29) is 0 Å². The maximum Gasteiger partial charge on any atom is 0.139 e. The van der Waals surface area contributed by atoms with Gasteiger partial charge in [-0.3, -0.25) is 0 Å². The van der Waals surface area contributed by atoms with Crippen LogP contribution in [0.5, 0.6) is 5.75 Å². The molecule has 0 atom stereocenters. The average Bonchev–Trinajstić information content (AvgIpc) is 2.66. The van der Waals surface area contributed by atoms with E-state index in [4.69, 9.17) is 0 Å². The fourth-order valence-corrected chi connectivity index (χ4v) is 3.24. The van der Waals surface area contributed by atoms with Crippen LogP contribution in [0.15, 0.2) is 42.5 Å². The van der Waals surface area contributed by atoms with Crippen molar-refractivity contribution in [3.63, 3.8) is 0 Å².